The molecule has 0 bridgehead atoms. The van der Waals surface area contributed by atoms with Gasteiger partial charge in [-0.05, 0) is 57.6 Å². The van der Waals surface area contributed by atoms with Crippen LogP contribution in [0.5, 0.6) is 0 Å². The smallest absolute Gasteiger partial charge is 0.407 e. The molecule has 0 aliphatic carbocycles. The SMILES string of the molecule is C[C@@H]1Cc2c([nH]c3ccccc23)[C@@H](c2ccc(C(O)C3CN(C(=O)O)C3)cc2C#N)N1CC(F)(F)CO[Si](c1ccccc1)(c1ccccc1)C(C)(C)C. The third kappa shape index (κ3) is 6.73. The Labute approximate surface area is 315 Å². The highest BCUT2D eigenvalue weighted by atomic mass is 28.4. The highest BCUT2D eigenvalue weighted by Gasteiger charge is 2.52. The Morgan fingerprint density at radius 1 is 0.981 bits per heavy atom. The van der Waals surface area contributed by atoms with Crippen molar-refractivity contribution < 1.29 is 28.2 Å². The normalized spacial score (nSPS) is 18.9. The Kier molecular flexibility index (Phi) is 10.00. The van der Waals surface area contributed by atoms with Gasteiger partial charge in [0.2, 0.25) is 0 Å². The minimum Gasteiger partial charge on any atom is -0.465 e. The molecule has 3 heterocycles. The fourth-order valence-corrected chi connectivity index (χ4v) is 13.2. The number of aliphatic hydroxyl groups is 1. The molecule has 1 fully saturated rings. The lowest BCUT2D eigenvalue weighted by molar-refractivity contribution is -0.0821. The van der Waals surface area contributed by atoms with Gasteiger partial charge in [-0.2, -0.15) is 5.26 Å². The summed E-state index contributed by atoms with van der Waals surface area (Å²) in [4.78, 5) is 17.9. The molecule has 54 heavy (non-hydrogen) atoms. The van der Waals surface area contributed by atoms with E-state index in [1.807, 2.05) is 91.9 Å². The van der Waals surface area contributed by atoms with Crippen LogP contribution in [0.1, 0.15) is 67.8 Å². The minimum absolute atomic E-state index is 0.192. The topological polar surface area (TPSA) is 113 Å². The Hall–Kier alpha value is -4.86. The van der Waals surface area contributed by atoms with Crippen LogP contribution in [0.25, 0.3) is 10.9 Å². The second-order valence-corrected chi connectivity index (χ2v) is 20.2. The molecule has 3 atom stereocenters. The van der Waals surface area contributed by atoms with Gasteiger partial charge in [-0.1, -0.05) is 112 Å². The van der Waals surface area contributed by atoms with Crippen molar-refractivity contribution in [3.05, 3.63) is 131 Å². The first-order valence-corrected chi connectivity index (χ1v) is 20.3. The number of nitriles is 1. The first-order chi connectivity index (χ1) is 25.7. The lowest BCUT2D eigenvalue weighted by atomic mass is 9.84. The number of halogens is 2. The second kappa shape index (κ2) is 14.4. The van der Waals surface area contributed by atoms with Crippen molar-refractivity contribution in [3.63, 3.8) is 0 Å². The van der Waals surface area contributed by atoms with Crippen LogP contribution in [0, 0.1) is 17.2 Å². The summed E-state index contributed by atoms with van der Waals surface area (Å²) in [7, 11) is -3.26. The standard InChI is InChI=1S/C43H46F2N4O4Si/c1-28-21-36-35-17-11-12-18-37(35)47-38(36)39(34-20-19-29(22-30(34)23-46)40(50)31-24-48(25-31)41(51)52)49(28)26-43(44,45)27-53-54(42(2,3)4,32-13-7-5-8-14-32)33-15-9-6-10-16-33/h5-20,22,28,31,39-40,47,50H,21,24-27H2,1-4H3,(H,51,52)/t28-,39-,40?/m1/s1. The van der Waals surface area contributed by atoms with E-state index in [1.165, 1.54) is 4.90 Å². The fourth-order valence-electron chi connectivity index (χ4n) is 8.61. The number of nitrogens with zero attached hydrogens (tertiary/aromatic N) is 3. The summed E-state index contributed by atoms with van der Waals surface area (Å²) < 4.78 is 40.5. The number of nitrogens with one attached hydrogen (secondary N) is 1. The molecule has 2 aliphatic heterocycles. The molecule has 1 amide bonds. The number of rotatable bonds is 10. The van der Waals surface area contributed by atoms with Crippen molar-refractivity contribution in [1.82, 2.24) is 14.8 Å². The number of benzene rings is 4. The highest BCUT2D eigenvalue weighted by Crippen LogP contribution is 2.44. The number of para-hydroxylation sites is 1. The van der Waals surface area contributed by atoms with Crippen molar-refractivity contribution in [2.75, 3.05) is 26.2 Å². The Morgan fingerprint density at radius 2 is 1.59 bits per heavy atom. The van der Waals surface area contributed by atoms with E-state index < -0.39 is 50.7 Å². The summed E-state index contributed by atoms with van der Waals surface area (Å²) in [5, 5.41) is 33.3. The number of hydrogen-bond donors (Lipinski definition) is 3. The first kappa shape index (κ1) is 37.5. The fraction of sp³-hybridized carbons (Fsp3) is 0.349. The minimum atomic E-state index is -3.29. The molecule has 1 unspecified atom stereocenters. The average Bonchev–Trinajstić information content (AvgIpc) is 3.49. The van der Waals surface area contributed by atoms with Crippen LogP contribution in [0.15, 0.2) is 103 Å². The lowest BCUT2D eigenvalue weighted by Crippen LogP contribution is -2.67. The summed E-state index contributed by atoms with van der Waals surface area (Å²) in [6.07, 6.45) is -1.49. The van der Waals surface area contributed by atoms with Crippen molar-refractivity contribution in [3.8, 4) is 6.07 Å². The summed E-state index contributed by atoms with van der Waals surface area (Å²) in [6.45, 7) is 7.12. The molecule has 1 saturated heterocycles. The van der Waals surface area contributed by atoms with E-state index in [4.69, 9.17) is 4.43 Å². The molecule has 8 nitrogen and oxygen atoms in total. The zero-order valence-electron chi connectivity index (χ0n) is 31.0. The molecule has 1 aromatic heterocycles. The van der Waals surface area contributed by atoms with Crippen molar-refractivity contribution in [2.24, 2.45) is 5.92 Å². The van der Waals surface area contributed by atoms with Crippen LogP contribution in [-0.2, 0) is 10.8 Å². The Morgan fingerprint density at radius 3 is 2.19 bits per heavy atom. The molecule has 2 aliphatic rings. The molecule has 11 heteroatoms. The van der Waals surface area contributed by atoms with Crippen LogP contribution >= 0.6 is 0 Å². The van der Waals surface area contributed by atoms with E-state index in [0.29, 0.717) is 17.5 Å². The number of aromatic amines is 1. The third-order valence-corrected chi connectivity index (χ3v) is 16.3. The molecule has 0 saturated carbocycles. The zero-order chi connectivity index (χ0) is 38.4. The van der Waals surface area contributed by atoms with Crippen molar-refractivity contribution in [1.29, 1.82) is 5.26 Å². The van der Waals surface area contributed by atoms with E-state index in [-0.39, 0.29) is 30.6 Å². The number of alkyl halides is 2. The summed E-state index contributed by atoms with van der Waals surface area (Å²) in [5.41, 5.74) is 3.99. The molecule has 0 spiro atoms. The van der Waals surface area contributed by atoms with Gasteiger partial charge in [0.25, 0.3) is 14.2 Å². The summed E-state index contributed by atoms with van der Waals surface area (Å²) >= 11 is 0. The average molecular weight is 749 g/mol. The van der Waals surface area contributed by atoms with E-state index in [0.717, 1.165) is 32.5 Å². The maximum absolute atomic E-state index is 16.9. The Balaban J connectivity index is 1.26. The zero-order valence-corrected chi connectivity index (χ0v) is 32.0. The van der Waals surface area contributed by atoms with Gasteiger partial charge in [0.05, 0.1) is 36.9 Å². The number of hydrogen-bond acceptors (Lipinski definition) is 5. The van der Waals surface area contributed by atoms with E-state index in [1.54, 1.807) is 23.1 Å². The number of aliphatic hydroxyl groups excluding tert-OH is 1. The maximum atomic E-state index is 16.9. The monoisotopic (exact) mass is 748 g/mol. The Bertz CT molecular complexity index is 2140. The molecule has 0 radical (unpaired) electrons. The quantitative estimate of drug-likeness (QED) is 0.130. The van der Waals surface area contributed by atoms with Crippen LogP contribution in [-0.4, -0.2) is 77.6 Å². The van der Waals surface area contributed by atoms with Gasteiger partial charge in [0.15, 0.2) is 0 Å². The van der Waals surface area contributed by atoms with Crippen LogP contribution in [0.3, 0.4) is 0 Å². The largest absolute Gasteiger partial charge is 0.465 e. The molecule has 280 valence electrons. The maximum Gasteiger partial charge on any atom is 0.407 e. The van der Waals surface area contributed by atoms with Gasteiger partial charge in [0.1, 0.15) is 0 Å². The number of H-pyrrole nitrogens is 1. The molecule has 4 aromatic carbocycles. The number of carboxylic acid groups (broad SMARTS) is 1. The number of likely N-dealkylation sites (tertiary alicyclic amines) is 1. The predicted octanol–water partition coefficient (Wildman–Crippen LogP) is 7.23. The molecule has 7 rings (SSSR count). The lowest BCUT2D eigenvalue weighted by Gasteiger charge is -2.45. The van der Waals surface area contributed by atoms with Gasteiger partial charge in [0, 0.05) is 41.6 Å². The van der Waals surface area contributed by atoms with Crippen LogP contribution in [0.4, 0.5) is 13.6 Å². The van der Waals surface area contributed by atoms with E-state index in [9.17, 15) is 20.3 Å². The summed E-state index contributed by atoms with van der Waals surface area (Å²) in [5.74, 6) is -3.59. The van der Waals surface area contributed by atoms with Gasteiger partial charge in [-0.25, -0.2) is 13.6 Å². The van der Waals surface area contributed by atoms with Gasteiger partial charge < -0.3 is 24.5 Å². The summed E-state index contributed by atoms with van der Waals surface area (Å²) in [6, 6.07) is 33.7. The third-order valence-electron chi connectivity index (χ3n) is 11.3. The number of fused-ring (bicyclic) bond motifs is 3. The number of amides is 1. The van der Waals surface area contributed by atoms with Gasteiger partial charge >= 0.3 is 6.09 Å². The van der Waals surface area contributed by atoms with Crippen LogP contribution in [0.2, 0.25) is 5.04 Å². The molecule has 3 N–H and O–H groups in total. The first-order valence-electron chi connectivity index (χ1n) is 18.4. The molecule has 5 aromatic rings. The molecular weight excluding hydrogens is 703 g/mol. The van der Waals surface area contributed by atoms with Crippen LogP contribution < -0.4 is 10.4 Å². The van der Waals surface area contributed by atoms with E-state index in [2.05, 4.69) is 31.8 Å². The number of carbonyl (C=O) groups is 1. The number of aromatic nitrogens is 1. The van der Waals surface area contributed by atoms with Gasteiger partial charge in [-0.3, -0.25) is 4.90 Å². The second-order valence-electron chi connectivity index (χ2n) is 15.8. The highest BCUT2D eigenvalue weighted by molar-refractivity contribution is 6.99. The van der Waals surface area contributed by atoms with E-state index >= 15 is 8.78 Å². The molecular formula is C43H46F2N4O4Si. The van der Waals surface area contributed by atoms with Gasteiger partial charge in [-0.15, -0.1) is 0 Å². The predicted molar refractivity (Wildman–Crippen MR) is 208 cm³/mol. The van der Waals surface area contributed by atoms with Crippen molar-refractivity contribution >= 4 is 35.7 Å². The van der Waals surface area contributed by atoms with Crippen molar-refractivity contribution in [2.45, 2.75) is 63.3 Å².